The molecule has 17 heavy (non-hydrogen) atoms. The summed E-state index contributed by atoms with van der Waals surface area (Å²) in [7, 11) is -1.17. The van der Waals surface area contributed by atoms with E-state index in [0.717, 1.165) is 12.2 Å². The Labute approximate surface area is 104 Å². The van der Waals surface area contributed by atoms with Crippen molar-refractivity contribution in [2.45, 2.75) is 38.6 Å². The number of nitrogens with one attached hydrogen (secondary N) is 1. The first kappa shape index (κ1) is 14.3. The van der Waals surface area contributed by atoms with Crippen LogP contribution in [0.1, 0.15) is 26.5 Å². The number of hydrogen-bond donors (Lipinski definition) is 1. The quantitative estimate of drug-likeness (QED) is 0.869. The molecule has 0 aliphatic carbocycles. The number of hydrogen-bond acceptors (Lipinski definition) is 3. The van der Waals surface area contributed by atoms with Gasteiger partial charge in [0.2, 0.25) is 0 Å². The standard InChI is InChI=1S/C12H22N2O2S/c1-12(2,3)17(15,16)9-8-14-7-5-6-11(14)10-13-4/h5-7,13H,8-10H2,1-4H3. The van der Waals surface area contributed by atoms with Gasteiger partial charge in [0.15, 0.2) is 9.84 Å². The molecule has 1 rings (SSSR count). The van der Waals surface area contributed by atoms with Crippen LogP contribution < -0.4 is 5.32 Å². The highest BCUT2D eigenvalue weighted by Crippen LogP contribution is 2.16. The molecule has 98 valence electrons. The molecule has 0 unspecified atom stereocenters. The maximum atomic E-state index is 12.0. The van der Waals surface area contributed by atoms with Crippen LogP contribution in [-0.4, -0.2) is 30.5 Å². The largest absolute Gasteiger partial charge is 0.349 e. The molecule has 1 N–H and O–H groups in total. The van der Waals surface area contributed by atoms with E-state index in [1.165, 1.54) is 0 Å². The van der Waals surface area contributed by atoms with Crippen molar-refractivity contribution in [1.82, 2.24) is 9.88 Å². The molecular formula is C12H22N2O2S. The highest BCUT2D eigenvalue weighted by Gasteiger charge is 2.28. The summed E-state index contributed by atoms with van der Waals surface area (Å²) in [4.78, 5) is 0. The summed E-state index contributed by atoms with van der Waals surface area (Å²) in [6.07, 6.45) is 1.92. The minimum Gasteiger partial charge on any atom is -0.349 e. The Bertz CT molecular complexity index is 455. The van der Waals surface area contributed by atoms with Gasteiger partial charge in [-0.2, -0.15) is 0 Å². The Morgan fingerprint density at radius 1 is 1.35 bits per heavy atom. The number of aromatic nitrogens is 1. The van der Waals surface area contributed by atoms with Crippen LogP contribution in [0.4, 0.5) is 0 Å². The summed E-state index contributed by atoms with van der Waals surface area (Å²) >= 11 is 0. The fraction of sp³-hybridized carbons (Fsp3) is 0.667. The Kier molecular flexibility index (Phi) is 4.38. The molecule has 4 nitrogen and oxygen atoms in total. The van der Waals surface area contributed by atoms with E-state index >= 15 is 0 Å². The van der Waals surface area contributed by atoms with Gasteiger partial charge in [-0.25, -0.2) is 8.42 Å². The van der Waals surface area contributed by atoms with Gasteiger partial charge in [0.05, 0.1) is 10.5 Å². The van der Waals surface area contributed by atoms with Crippen molar-refractivity contribution >= 4 is 9.84 Å². The third-order valence-corrected chi connectivity index (χ3v) is 5.40. The van der Waals surface area contributed by atoms with Crippen LogP contribution in [0.2, 0.25) is 0 Å². The van der Waals surface area contributed by atoms with Crippen LogP contribution in [-0.2, 0) is 22.9 Å². The van der Waals surface area contributed by atoms with Gasteiger partial charge in [0.25, 0.3) is 0 Å². The van der Waals surface area contributed by atoms with Crippen molar-refractivity contribution in [3.63, 3.8) is 0 Å². The van der Waals surface area contributed by atoms with Gasteiger partial charge in [-0.3, -0.25) is 0 Å². The van der Waals surface area contributed by atoms with Crippen LogP contribution in [0.3, 0.4) is 0 Å². The normalized spacial score (nSPS) is 12.9. The Balaban J connectivity index is 2.71. The zero-order valence-corrected chi connectivity index (χ0v) is 11.8. The third-order valence-electron chi connectivity index (χ3n) is 2.82. The molecular weight excluding hydrogens is 236 g/mol. The molecule has 0 bridgehead atoms. The maximum Gasteiger partial charge on any atom is 0.156 e. The summed E-state index contributed by atoms with van der Waals surface area (Å²) in [6, 6.07) is 3.94. The Morgan fingerprint density at radius 2 is 2.00 bits per heavy atom. The van der Waals surface area contributed by atoms with E-state index in [-0.39, 0.29) is 5.75 Å². The zero-order valence-electron chi connectivity index (χ0n) is 11.0. The first-order valence-corrected chi connectivity index (χ1v) is 7.44. The third kappa shape index (κ3) is 3.57. The fourth-order valence-corrected chi connectivity index (χ4v) is 2.58. The van der Waals surface area contributed by atoms with E-state index in [4.69, 9.17) is 0 Å². The molecule has 5 heteroatoms. The van der Waals surface area contributed by atoms with Gasteiger partial charge in [0.1, 0.15) is 0 Å². The van der Waals surface area contributed by atoms with Gasteiger partial charge >= 0.3 is 0 Å². The second-order valence-electron chi connectivity index (χ2n) is 5.15. The van der Waals surface area contributed by atoms with Crippen LogP contribution in [0, 0.1) is 0 Å². The van der Waals surface area contributed by atoms with E-state index in [9.17, 15) is 8.42 Å². The molecule has 0 atom stereocenters. The average Bonchev–Trinajstić information content (AvgIpc) is 2.61. The molecule has 0 saturated carbocycles. The van der Waals surface area contributed by atoms with Crippen molar-refractivity contribution in [3.05, 3.63) is 24.0 Å². The molecule has 0 radical (unpaired) electrons. The lowest BCUT2D eigenvalue weighted by molar-refractivity contribution is 0.552. The maximum absolute atomic E-state index is 12.0. The van der Waals surface area contributed by atoms with Gasteiger partial charge in [0, 0.05) is 25.0 Å². The summed E-state index contributed by atoms with van der Waals surface area (Å²) in [5, 5.41) is 3.07. The Morgan fingerprint density at radius 3 is 2.53 bits per heavy atom. The molecule has 0 aromatic carbocycles. The van der Waals surface area contributed by atoms with Crippen LogP contribution in [0.5, 0.6) is 0 Å². The monoisotopic (exact) mass is 258 g/mol. The van der Waals surface area contributed by atoms with E-state index in [1.807, 2.05) is 29.9 Å². The van der Waals surface area contributed by atoms with Crippen molar-refractivity contribution in [2.75, 3.05) is 12.8 Å². The minimum absolute atomic E-state index is 0.182. The molecule has 0 aliphatic heterocycles. The molecule has 0 amide bonds. The summed E-state index contributed by atoms with van der Waals surface area (Å²) in [6.45, 7) is 6.50. The smallest absolute Gasteiger partial charge is 0.156 e. The van der Waals surface area contributed by atoms with Crippen molar-refractivity contribution < 1.29 is 8.42 Å². The zero-order chi connectivity index (χ0) is 13.1. The minimum atomic E-state index is -3.05. The number of sulfone groups is 1. The first-order valence-electron chi connectivity index (χ1n) is 5.79. The lowest BCUT2D eigenvalue weighted by Gasteiger charge is -2.19. The molecule has 0 aliphatic rings. The second kappa shape index (κ2) is 5.23. The fourth-order valence-electron chi connectivity index (χ4n) is 1.53. The molecule has 0 saturated heterocycles. The van der Waals surface area contributed by atoms with Gasteiger partial charge in [-0.1, -0.05) is 0 Å². The van der Waals surface area contributed by atoms with Crippen LogP contribution >= 0.6 is 0 Å². The highest BCUT2D eigenvalue weighted by molar-refractivity contribution is 7.92. The molecule has 0 fully saturated rings. The molecule has 1 aromatic heterocycles. The SMILES string of the molecule is CNCc1cccn1CCS(=O)(=O)C(C)(C)C. The lowest BCUT2D eigenvalue weighted by atomic mass is 10.3. The van der Waals surface area contributed by atoms with Crippen molar-refractivity contribution in [2.24, 2.45) is 0 Å². The van der Waals surface area contributed by atoms with Gasteiger partial charge in [-0.15, -0.1) is 0 Å². The van der Waals surface area contributed by atoms with Crippen molar-refractivity contribution in [1.29, 1.82) is 0 Å². The van der Waals surface area contributed by atoms with E-state index < -0.39 is 14.6 Å². The molecule has 0 spiro atoms. The van der Waals surface area contributed by atoms with E-state index in [2.05, 4.69) is 5.32 Å². The summed E-state index contributed by atoms with van der Waals surface area (Å²) in [5.74, 6) is 0.182. The number of nitrogens with zero attached hydrogens (tertiary/aromatic N) is 1. The number of rotatable bonds is 5. The van der Waals surface area contributed by atoms with Gasteiger partial charge in [-0.05, 0) is 40.0 Å². The topological polar surface area (TPSA) is 51.1 Å². The van der Waals surface area contributed by atoms with E-state index in [1.54, 1.807) is 20.8 Å². The average molecular weight is 258 g/mol. The molecule has 1 heterocycles. The van der Waals surface area contributed by atoms with Crippen molar-refractivity contribution in [3.8, 4) is 0 Å². The second-order valence-corrected chi connectivity index (χ2v) is 8.02. The highest BCUT2D eigenvalue weighted by atomic mass is 32.2. The summed E-state index contributed by atoms with van der Waals surface area (Å²) in [5.41, 5.74) is 1.11. The predicted molar refractivity (Wildman–Crippen MR) is 70.7 cm³/mol. The first-order chi connectivity index (χ1) is 7.78. The predicted octanol–water partition coefficient (Wildman–Crippen LogP) is 1.42. The lowest BCUT2D eigenvalue weighted by Crippen LogP contribution is -2.32. The Hall–Kier alpha value is -0.810. The molecule has 1 aromatic rings. The van der Waals surface area contributed by atoms with E-state index in [0.29, 0.717) is 6.54 Å². The van der Waals surface area contributed by atoms with Crippen LogP contribution in [0.25, 0.3) is 0 Å². The summed E-state index contributed by atoms with van der Waals surface area (Å²) < 4.78 is 25.3. The van der Waals surface area contributed by atoms with Gasteiger partial charge < -0.3 is 9.88 Å². The van der Waals surface area contributed by atoms with Crippen LogP contribution in [0.15, 0.2) is 18.3 Å². The number of aryl methyl sites for hydroxylation is 1.